The van der Waals surface area contributed by atoms with Gasteiger partial charge in [-0.3, -0.25) is 0 Å². The smallest absolute Gasteiger partial charge is 0.137 e. The molecule has 2 heterocycles. The van der Waals surface area contributed by atoms with Crippen LogP contribution in [-0.2, 0) is 6.54 Å². The highest BCUT2D eigenvalue weighted by molar-refractivity contribution is 5.83. The third kappa shape index (κ3) is 1.51. The molecule has 0 amide bonds. The lowest BCUT2D eigenvalue weighted by atomic mass is 10.1. The van der Waals surface area contributed by atoms with Gasteiger partial charge in [0.25, 0.3) is 0 Å². The highest BCUT2D eigenvalue weighted by Gasteiger charge is 2.07. The van der Waals surface area contributed by atoms with Crippen molar-refractivity contribution in [3.8, 4) is 0 Å². The first-order chi connectivity index (χ1) is 6.68. The van der Waals surface area contributed by atoms with Crippen LogP contribution in [0.3, 0.4) is 0 Å². The second-order valence-corrected chi connectivity index (χ2v) is 3.90. The molecule has 0 fully saturated rings. The fourth-order valence-corrected chi connectivity index (χ4v) is 1.77. The molecule has 0 saturated heterocycles. The number of hydrogen-bond acceptors (Lipinski definition) is 2. The third-order valence-corrected chi connectivity index (χ3v) is 2.35. The van der Waals surface area contributed by atoms with Gasteiger partial charge < -0.3 is 9.88 Å². The summed E-state index contributed by atoms with van der Waals surface area (Å²) in [5.74, 6) is 0. The Balaban J connectivity index is 2.55. The van der Waals surface area contributed by atoms with Crippen LogP contribution in [0.2, 0.25) is 0 Å². The Morgan fingerprint density at radius 1 is 1.43 bits per heavy atom. The number of hydrogen-bond donors (Lipinski definition) is 1. The maximum atomic E-state index is 4.30. The van der Waals surface area contributed by atoms with Crippen LogP contribution >= 0.6 is 0 Å². The summed E-state index contributed by atoms with van der Waals surface area (Å²) in [5, 5.41) is 1.27. The van der Waals surface area contributed by atoms with Crippen LogP contribution in [-0.4, -0.2) is 29.0 Å². The molecule has 2 rings (SSSR count). The number of nitrogens with zero attached hydrogens (tertiary/aromatic N) is 2. The Hall–Kier alpha value is -1.35. The highest BCUT2D eigenvalue weighted by atomic mass is 15.1. The van der Waals surface area contributed by atoms with Crippen LogP contribution in [0.15, 0.2) is 18.5 Å². The van der Waals surface area contributed by atoms with Crippen LogP contribution in [0, 0.1) is 6.92 Å². The fraction of sp³-hybridized carbons (Fsp3) is 0.364. The monoisotopic (exact) mass is 189 g/mol. The second-order valence-electron chi connectivity index (χ2n) is 3.90. The Morgan fingerprint density at radius 3 is 2.93 bits per heavy atom. The molecule has 74 valence electrons. The molecule has 0 aliphatic heterocycles. The summed E-state index contributed by atoms with van der Waals surface area (Å²) in [6, 6.07) is 2.05. The Kier molecular flexibility index (Phi) is 2.25. The molecular formula is C11H15N3. The van der Waals surface area contributed by atoms with Gasteiger partial charge in [-0.1, -0.05) is 0 Å². The van der Waals surface area contributed by atoms with Gasteiger partial charge in [0.2, 0.25) is 0 Å². The number of fused-ring (bicyclic) bond motifs is 1. The van der Waals surface area contributed by atoms with E-state index in [0.717, 1.165) is 12.2 Å². The number of aryl methyl sites for hydroxylation is 1. The van der Waals surface area contributed by atoms with E-state index in [0.29, 0.717) is 0 Å². The van der Waals surface area contributed by atoms with Crippen molar-refractivity contribution in [1.29, 1.82) is 0 Å². The van der Waals surface area contributed by atoms with E-state index in [1.54, 1.807) is 0 Å². The van der Waals surface area contributed by atoms with Crippen molar-refractivity contribution in [3.05, 3.63) is 29.6 Å². The molecule has 0 radical (unpaired) electrons. The molecule has 0 aliphatic rings. The molecule has 0 aromatic carbocycles. The topological polar surface area (TPSA) is 31.9 Å². The number of pyridine rings is 1. The molecule has 0 saturated carbocycles. The first kappa shape index (κ1) is 9.21. The molecule has 0 unspecified atom stereocenters. The molecule has 2 aromatic heterocycles. The average molecular weight is 189 g/mol. The summed E-state index contributed by atoms with van der Waals surface area (Å²) in [6.07, 6.45) is 3.89. The molecular weight excluding hydrogens is 174 g/mol. The summed E-state index contributed by atoms with van der Waals surface area (Å²) >= 11 is 0. The first-order valence-corrected chi connectivity index (χ1v) is 4.75. The van der Waals surface area contributed by atoms with Gasteiger partial charge >= 0.3 is 0 Å². The number of rotatable bonds is 2. The molecule has 0 atom stereocenters. The van der Waals surface area contributed by atoms with Gasteiger partial charge in [-0.05, 0) is 38.2 Å². The van der Waals surface area contributed by atoms with Gasteiger partial charge in [0, 0.05) is 24.3 Å². The van der Waals surface area contributed by atoms with Gasteiger partial charge in [0.15, 0.2) is 0 Å². The molecule has 0 bridgehead atoms. The van der Waals surface area contributed by atoms with Gasteiger partial charge in [-0.2, -0.15) is 0 Å². The van der Waals surface area contributed by atoms with Crippen molar-refractivity contribution in [1.82, 2.24) is 14.9 Å². The zero-order valence-corrected chi connectivity index (χ0v) is 8.83. The van der Waals surface area contributed by atoms with Gasteiger partial charge in [0.05, 0.1) is 0 Å². The largest absolute Gasteiger partial charge is 0.346 e. The molecule has 2 aromatic rings. The van der Waals surface area contributed by atoms with E-state index in [2.05, 4.69) is 42.0 Å². The quantitative estimate of drug-likeness (QED) is 0.782. The van der Waals surface area contributed by atoms with E-state index in [-0.39, 0.29) is 0 Å². The SMILES string of the molecule is Cc1ccnc2[nH]cc(CN(C)C)c12. The van der Waals surface area contributed by atoms with Crippen molar-refractivity contribution >= 4 is 11.0 Å². The van der Waals surface area contributed by atoms with Crippen molar-refractivity contribution in [2.24, 2.45) is 0 Å². The maximum absolute atomic E-state index is 4.30. The Morgan fingerprint density at radius 2 is 2.21 bits per heavy atom. The van der Waals surface area contributed by atoms with Crippen molar-refractivity contribution < 1.29 is 0 Å². The van der Waals surface area contributed by atoms with Crippen molar-refractivity contribution in [3.63, 3.8) is 0 Å². The Bertz CT molecular complexity index is 443. The molecule has 14 heavy (non-hydrogen) atoms. The first-order valence-electron chi connectivity index (χ1n) is 4.75. The molecule has 0 spiro atoms. The fourth-order valence-electron chi connectivity index (χ4n) is 1.77. The zero-order valence-electron chi connectivity index (χ0n) is 8.83. The van der Waals surface area contributed by atoms with Gasteiger partial charge in [-0.15, -0.1) is 0 Å². The van der Waals surface area contributed by atoms with Crippen LogP contribution < -0.4 is 0 Å². The minimum Gasteiger partial charge on any atom is -0.346 e. The predicted octanol–water partition coefficient (Wildman–Crippen LogP) is 1.93. The minimum absolute atomic E-state index is 0.951. The summed E-state index contributed by atoms with van der Waals surface area (Å²) < 4.78 is 0. The second kappa shape index (κ2) is 3.42. The molecule has 0 aliphatic carbocycles. The predicted molar refractivity (Wildman–Crippen MR) is 58.2 cm³/mol. The van der Waals surface area contributed by atoms with E-state index in [4.69, 9.17) is 0 Å². The lowest BCUT2D eigenvalue weighted by molar-refractivity contribution is 0.404. The number of H-pyrrole nitrogens is 1. The maximum Gasteiger partial charge on any atom is 0.137 e. The van der Waals surface area contributed by atoms with Crippen LogP contribution in [0.5, 0.6) is 0 Å². The Labute approximate surface area is 83.8 Å². The lowest BCUT2D eigenvalue weighted by Crippen LogP contribution is -2.10. The van der Waals surface area contributed by atoms with Gasteiger partial charge in [0.1, 0.15) is 5.65 Å². The summed E-state index contributed by atoms with van der Waals surface area (Å²) in [5.41, 5.74) is 3.59. The highest BCUT2D eigenvalue weighted by Crippen LogP contribution is 2.20. The lowest BCUT2D eigenvalue weighted by Gasteiger charge is -2.08. The van der Waals surface area contributed by atoms with Crippen molar-refractivity contribution in [2.45, 2.75) is 13.5 Å². The van der Waals surface area contributed by atoms with Crippen LogP contribution in [0.1, 0.15) is 11.1 Å². The summed E-state index contributed by atoms with van der Waals surface area (Å²) in [4.78, 5) is 9.65. The molecule has 3 nitrogen and oxygen atoms in total. The normalized spacial score (nSPS) is 11.4. The van der Waals surface area contributed by atoms with Crippen LogP contribution in [0.4, 0.5) is 0 Å². The van der Waals surface area contributed by atoms with Gasteiger partial charge in [-0.25, -0.2) is 4.98 Å². The third-order valence-electron chi connectivity index (χ3n) is 2.35. The van der Waals surface area contributed by atoms with E-state index < -0.39 is 0 Å². The standard InChI is InChI=1S/C11H15N3/c1-8-4-5-12-11-10(8)9(6-13-11)7-14(2)3/h4-6H,7H2,1-3H3,(H,12,13). The van der Waals surface area contributed by atoms with Crippen LogP contribution in [0.25, 0.3) is 11.0 Å². The number of nitrogens with one attached hydrogen (secondary N) is 1. The van der Waals surface area contributed by atoms with E-state index in [1.807, 2.05) is 12.4 Å². The van der Waals surface area contributed by atoms with Crippen molar-refractivity contribution in [2.75, 3.05) is 14.1 Å². The van der Waals surface area contributed by atoms with E-state index in [1.165, 1.54) is 16.5 Å². The molecule has 1 N–H and O–H groups in total. The minimum atomic E-state index is 0.951. The summed E-state index contributed by atoms with van der Waals surface area (Å²) in [6.45, 7) is 3.07. The van der Waals surface area contributed by atoms with E-state index in [9.17, 15) is 0 Å². The number of aromatic amines is 1. The average Bonchev–Trinajstić information content (AvgIpc) is 2.49. The van der Waals surface area contributed by atoms with E-state index >= 15 is 0 Å². The zero-order chi connectivity index (χ0) is 10.1. The number of aromatic nitrogens is 2. The summed E-state index contributed by atoms with van der Waals surface area (Å²) in [7, 11) is 4.15. The molecule has 3 heteroatoms.